The number of hydrogen-bond donors (Lipinski definition) is 1. The van der Waals surface area contributed by atoms with E-state index >= 15 is 0 Å². The number of nitrogens with two attached hydrogens (primary N) is 1. The predicted octanol–water partition coefficient (Wildman–Crippen LogP) is 1.53. The van der Waals surface area contributed by atoms with Crippen molar-refractivity contribution in [2.75, 3.05) is 33.2 Å². The summed E-state index contributed by atoms with van der Waals surface area (Å²) in [6, 6.07) is 1.34. The molecule has 0 amide bonds. The van der Waals surface area contributed by atoms with Crippen molar-refractivity contribution in [2.45, 2.75) is 51.6 Å². The molecule has 1 unspecified atom stereocenters. The number of nitrogens with zero attached hydrogens (tertiary/aromatic N) is 2. The third-order valence-electron chi connectivity index (χ3n) is 4.05. The molecule has 0 aromatic rings. The van der Waals surface area contributed by atoms with Gasteiger partial charge in [0, 0.05) is 18.6 Å². The van der Waals surface area contributed by atoms with E-state index in [0.717, 1.165) is 12.6 Å². The zero-order valence-corrected chi connectivity index (χ0v) is 11.3. The summed E-state index contributed by atoms with van der Waals surface area (Å²) in [5.74, 6) is 0. The molecular weight excluding hydrogens is 198 g/mol. The zero-order valence-electron chi connectivity index (χ0n) is 11.3. The van der Waals surface area contributed by atoms with Crippen molar-refractivity contribution in [3.8, 4) is 0 Å². The summed E-state index contributed by atoms with van der Waals surface area (Å²) >= 11 is 0. The van der Waals surface area contributed by atoms with Crippen LogP contribution >= 0.6 is 0 Å². The Kier molecular flexibility index (Phi) is 6.32. The normalized spacial score (nSPS) is 21.6. The summed E-state index contributed by atoms with van der Waals surface area (Å²) in [6.45, 7) is 9.02. The summed E-state index contributed by atoms with van der Waals surface area (Å²) < 4.78 is 0. The lowest BCUT2D eigenvalue weighted by atomic mass is 10.0. The maximum absolute atomic E-state index is 5.87. The van der Waals surface area contributed by atoms with Crippen LogP contribution in [0.25, 0.3) is 0 Å². The van der Waals surface area contributed by atoms with E-state index in [4.69, 9.17) is 5.73 Å². The van der Waals surface area contributed by atoms with Gasteiger partial charge in [0.2, 0.25) is 0 Å². The van der Waals surface area contributed by atoms with Crippen LogP contribution in [-0.2, 0) is 0 Å². The predicted molar refractivity (Wildman–Crippen MR) is 70.6 cm³/mol. The second-order valence-corrected chi connectivity index (χ2v) is 5.01. The first-order valence-corrected chi connectivity index (χ1v) is 6.87. The lowest BCUT2D eigenvalue weighted by molar-refractivity contribution is 0.0971. The Hall–Kier alpha value is -0.120. The van der Waals surface area contributed by atoms with Crippen molar-refractivity contribution in [3.63, 3.8) is 0 Å². The van der Waals surface area contributed by atoms with Crippen molar-refractivity contribution < 1.29 is 0 Å². The van der Waals surface area contributed by atoms with Gasteiger partial charge in [0.05, 0.1) is 0 Å². The molecule has 0 aromatic heterocycles. The fourth-order valence-electron chi connectivity index (χ4n) is 2.76. The van der Waals surface area contributed by atoms with Crippen molar-refractivity contribution in [1.82, 2.24) is 9.80 Å². The first-order valence-electron chi connectivity index (χ1n) is 6.87. The molecule has 0 spiro atoms. The minimum atomic E-state index is 0.586. The summed E-state index contributed by atoms with van der Waals surface area (Å²) in [7, 11) is 2.26. The Morgan fingerprint density at radius 2 is 1.94 bits per heavy atom. The van der Waals surface area contributed by atoms with Crippen LogP contribution in [0.5, 0.6) is 0 Å². The standard InChI is InChI=1S/C13H29N3/c1-4-6-13(11-14)15(3)12-7-9-16(5-2)10-8-12/h12-13H,4-11,14H2,1-3H3. The third-order valence-corrected chi connectivity index (χ3v) is 4.05. The molecule has 1 aliphatic heterocycles. The van der Waals surface area contributed by atoms with Crippen LogP contribution in [0.4, 0.5) is 0 Å². The van der Waals surface area contributed by atoms with Crippen molar-refractivity contribution in [1.29, 1.82) is 0 Å². The molecule has 2 N–H and O–H groups in total. The van der Waals surface area contributed by atoms with Crippen LogP contribution in [0.3, 0.4) is 0 Å². The fourth-order valence-corrected chi connectivity index (χ4v) is 2.76. The minimum Gasteiger partial charge on any atom is -0.329 e. The van der Waals surface area contributed by atoms with Gasteiger partial charge in [-0.2, -0.15) is 0 Å². The zero-order chi connectivity index (χ0) is 12.0. The highest BCUT2D eigenvalue weighted by atomic mass is 15.2. The topological polar surface area (TPSA) is 32.5 Å². The maximum atomic E-state index is 5.87. The highest BCUT2D eigenvalue weighted by Gasteiger charge is 2.25. The van der Waals surface area contributed by atoms with Gasteiger partial charge in [-0.05, 0) is 45.9 Å². The van der Waals surface area contributed by atoms with E-state index in [0.29, 0.717) is 6.04 Å². The van der Waals surface area contributed by atoms with E-state index < -0.39 is 0 Å². The third kappa shape index (κ3) is 3.72. The Bertz CT molecular complexity index is 176. The second kappa shape index (κ2) is 7.25. The molecule has 1 saturated heterocycles. The maximum Gasteiger partial charge on any atom is 0.0218 e. The molecule has 96 valence electrons. The molecule has 0 aliphatic carbocycles. The van der Waals surface area contributed by atoms with Crippen LogP contribution < -0.4 is 5.73 Å². The first-order chi connectivity index (χ1) is 7.72. The number of likely N-dealkylation sites (tertiary alicyclic amines) is 1. The van der Waals surface area contributed by atoms with Crippen LogP contribution in [0.15, 0.2) is 0 Å². The van der Waals surface area contributed by atoms with Crippen molar-refractivity contribution in [3.05, 3.63) is 0 Å². The molecule has 1 heterocycles. The quantitative estimate of drug-likeness (QED) is 0.747. The molecule has 1 rings (SSSR count). The molecule has 3 heteroatoms. The molecule has 1 atom stereocenters. The van der Waals surface area contributed by atoms with Gasteiger partial charge in [-0.15, -0.1) is 0 Å². The summed E-state index contributed by atoms with van der Waals surface area (Å²) in [4.78, 5) is 5.08. The summed E-state index contributed by atoms with van der Waals surface area (Å²) in [5.41, 5.74) is 5.87. The monoisotopic (exact) mass is 227 g/mol. The Balaban J connectivity index is 2.39. The second-order valence-electron chi connectivity index (χ2n) is 5.01. The van der Waals surface area contributed by atoms with Gasteiger partial charge in [-0.25, -0.2) is 0 Å². The van der Waals surface area contributed by atoms with Gasteiger partial charge in [-0.3, -0.25) is 4.90 Å². The molecular formula is C13H29N3. The average Bonchev–Trinajstić information content (AvgIpc) is 2.35. The average molecular weight is 227 g/mol. The van der Waals surface area contributed by atoms with Crippen LogP contribution in [0.2, 0.25) is 0 Å². The first kappa shape index (κ1) is 13.9. The van der Waals surface area contributed by atoms with Gasteiger partial charge >= 0.3 is 0 Å². The molecule has 0 aromatic carbocycles. The SMILES string of the molecule is CCCC(CN)N(C)C1CCN(CC)CC1. The Labute approximate surface area is 101 Å². The van der Waals surface area contributed by atoms with Crippen molar-refractivity contribution in [2.24, 2.45) is 5.73 Å². The Morgan fingerprint density at radius 1 is 1.31 bits per heavy atom. The molecule has 1 fully saturated rings. The molecule has 0 radical (unpaired) electrons. The highest BCUT2D eigenvalue weighted by Crippen LogP contribution is 2.18. The minimum absolute atomic E-state index is 0.586. The summed E-state index contributed by atoms with van der Waals surface area (Å²) in [5, 5.41) is 0. The van der Waals surface area contributed by atoms with E-state index in [9.17, 15) is 0 Å². The lowest BCUT2D eigenvalue weighted by Gasteiger charge is -2.40. The number of piperidine rings is 1. The molecule has 0 bridgehead atoms. The van der Waals surface area contributed by atoms with Gasteiger partial charge < -0.3 is 10.6 Å². The van der Waals surface area contributed by atoms with E-state index in [2.05, 4.69) is 30.7 Å². The molecule has 1 aliphatic rings. The van der Waals surface area contributed by atoms with E-state index in [1.165, 1.54) is 45.3 Å². The van der Waals surface area contributed by atoms with Crippen LogP contribution in [0, 0.1) is 0 Å². The van der Waals surface area contributed by atoms with Crippen LogP contribution in [0.1, 0.15) is 39.5 Å². The van der Waals surface area contributed by atoms with E-state index in [-0.39, 0.29) is 0 Å². The number of hydrogen-bond acceptors (Lipinski definition) is 3. The summed E-state index contributed by atoms with van der Waals surface area (Å²) in [6.07, 6.45) is 5.09. The molecule has 16 heavy (non-hydrogen) atoms. The van der Waals surface area contributed by atoms with Gasteiger partial charge in [0.15, 0.2) is 0 Å². The van der Waals surface area contributed by atoms with Gasteiger partial charge in [0.1, 0.15) is 0 Å². The van der Waals surface area contributed by atoms with Crippen molar-refractivity contribution >= 4 is 0 Å². The van der Waals surface area contributed by atoms with E-state index in [1.807, 2.05) is 0 Å². The van der Waals surface area contributed by atoms with E-state index in [1.54, 1.807) is 0 Å². The number of rotatable bonds is 6. The largest absolute Gasteiger partial charge is 0.329 e. The number of likely N-dealkylation sites (N-methyl/N-ethyl adjacent to an activating group) is 1. The fraction of sp³-hybridized carbons (Fsp3) is 1.00. The molecule has 3 nitrogen and oxygen atoms in total. The van der Waals surface area contributed by atoms with Gasteiger partial charge in [-0.1, -0.05) is 20.3 Å². The smallest absolute Gasteiger partial charge is 0.0218 e. The lowest BCUT2D eigenvalue weighted by Crippen LogP contribution is -2.49. The highest BCUT2D eigenvalue weighted by molar-refractivity contribution is 4.82. The van der Waals surface area contributed by atoms with Gasteiger partial charge in [0.25, 0.3) is 0 Å². The van der Waals surface area contributed by atoms with Crippen LogP contribution in [-0.4, -0.2) is 55.1 Å². The Morgan fingerprint density at radius 3 is 2.38 bits per heavy atom. The molecule has 0 saturated carbocycles.